The summed E-state index contributed by atoms with van der Waals surface area (Å²) in [6.07, 6.45) is 5.66. The van der Waals surface area contributed by atoms with Crippen molar-refractivity contribution in [3.63, 3.8) is 0 Å². The number of rotatable bonds is 3. The van der Waals surface area contributed by atoms with Crippen molar-refractivity contribution in [1.29, 1.82) is 0 Å². The number of hydrogen-bond donors (Lipinski definition) is 2. The van der Waals surface area contributed by atoms with Crippen LogP contribution in [0.4, 0.5) is 0 Å². The number of aliphatic carboxylic acids is 1. The summed E-state index contributed by atoms with van der Waals surface area (Å²) < 4.78 is 0. The number of carboxylic acids is 1. The number of hydrogen-bond acceptors (Lipinski definition) is 2. The highest BCUT2D eigenvalue weighted by molar-refractivity contribution is 5.85. The van der Waals surface area contributed by atoms with E-state index in [0.717, 1.165) is 12.8 Å². The van der Waals surface area contributed by atoms with Gasteiger partial charge in [-0.1, -0.05) is 26.2 Å². The number of likely N-dealkylation sites (N-methyl/N-ethyl adjacent to an activating group) is 1. The SMILES string of the molecule is CN[C@H](C(=O)O)C1(C)CCCCC1.Cl. The molecule has 1 aliphatic carbocycles. The van der Waals surface area contributed by atoms with Crippen LogP contribution in [0, 0.1) is 5.41 Å². The van der Waals surface area contributed by atoms with Gasteiger partial charge in [0.1, 0.15) is 6.04 Å². The standard InChI is InChI=1S/C10H19NO2.ClH/c1-10(6-4-3-5-7-10)8(11-2)9(12)13;/h8,11H,3-7H2,1-2H3,(H,12,13);1H/t8-;/m1./s1. The lowest BCUT2D eigenvalue weighted by molar-refractivity contribution is -0.143. The first-order valence-corrected chi connectivity index (χ1v) is 5.00. The molecular formula is C10H20ClNO2. The Morgan fingerprint density at radius 2 is 1.86 bits per heavy atom. The van der Waals surface area contributed by atoms with Crippen molar-refractivity contribution in [1.82, 2.24) is 5.32 Å². The van der Waals surface area contributed by atoms with Gasteiger partial charge in [-0.05, 0) is 25.3 Å². The Morgan fingerprint density at radius 1 is 1.36 bits per heavy atom. The van der Waals surface area contributed by atoms with E-state index in [9.17, 15) is 4.79 Å². The molecule has 0 spiro atoms. The molecule has 0 heterocycles. The molecule has 1 fully saturated rings. The van der Waals surface area contributed by atoms with Crippen LogP contribution in [0.25, 0.3) is 0 Å². The van der Waals surface area contributed by atoms with E-state index in [0.29, 0.717) is 0 Å². The first kappa shape index (κ1) is 13.7. The Bertz CT molecular complexity index is 191. The molecule has 2 N–H and O–H groups in total. The summed E-state index contributed by atoms with van der Waals surface area (Å²) in [6.45, 7) is 2.08. The van der Waals surface area contributed by atoms with Crippen LogP contribution < -0.4 is 5.32 Å². The van der Waals surface area contributed by atoms with Crippen LogP contribution >= 0.6 is 12.4 Å². The molecule has 1 rings (SSSR count). The van der Waals surface area contributed by atoms with E-state index < -0.39 is 5.97 Å². The van der Waals surface area contributed by atoms with E-state index in [1.807, 2.05) is 0 Å². The fraction of sp³-hybridized carbons (Fsp3) is 0.900. The zero-order valence-corrected chi connectivity index (χ0v) is 9.69. The van der Waals surface area contributed by atoms with Crippen molar-refractivity contribution < 1.29 is 9.90 Å². The molecule has 0 aliphatic heterocycles. The van der Waals surface area contributed by atoms with Gasteiger partial charge in [-0.3, -0.25) is 4.79 Å². The summed E-state index contributed by atoms with van der Waals surface area (Å²) in [4.78, 5) is 11.0. The highest BCUT2D eigenvalue weighted by Gasteiger charge is 2.38. The third kappa shape index (κ3) is 2.85. The van der Waals surface area contributed by atoms with Gasteiger partial charge in [-0.25, -0.2) is 0 Å². The third-order valence-corrected chi connectivity index (χ3v) is 3.23. The third-order valence-electron chi connectivity index (χ3n) is 3.23. The average molecular weight is 222 g/mol. The molecule has 0 aromatic carbocycles. The molecule has 1 atom stereocenters. The maximum Gasteiger partial charge on any atom is 0.321 e. The van der Waals surface area contributed by atoms with Crippen LogP contribution in [-0.4, -0.2) is 24.2 Å². The minimum Gasteiger partial charge on any atom is -0.480 e. The Labute approximate surface area is 91.7 Å². The zero-order chi connectivity index (χ0) is 9.90. The summed E-state index contributed by atoms with van der Waals surface area (Å²) >= 11 is 0. The van der Waals surface area contributed by atoms with Crippen molar-refractivity contribution in [2.45, 2.75) is 45.1 Å². The van der Waals surface area contributed by atoms with Crippen LogP contribution in [0.2, 0.25) is 0 Å². The topological polar surface area (TPSA) is 49.3 Å². The molecule has 0 bridgehead atoms. The Kier molecular flexibility index (Phi) is 5.45. The average Bonchev–Trinajstić information content (AvgIpc) is 2.05. The highest BCUT2D eigenvalue weighted by Crippen LogP contribution is 2.38. The Morgan fingerprint density at radius 3 is 2.21 bits per heavy atom. The molecular weight excluding hydrogens is 202 g/mol. The monoisotopic (exact) mass is 221 g/mol. The first-order valence-electron chi connectivity index (χ1n) is 5.00. The fourth-order valence-electron chi connectivity index (χ4n) is 2.42. The molecule has 84 valence electrons. The van der Waals surface area contributed by atoms with Crippen molar-refractivity contribution >= 4 is 18.4 Å². The molecule has 14 heavy (non-hydrogen) atoms. The van der Waals surface area contributed by atoms with Crippen molar-refractivity contribution in [3.05, 3.63) is 0 Å². The van der Waals surface area contributed by atoms with Gasteiger partial charge in [-0.15, -0.1) is 12.4 Å². The van der Waals surface area contributed by atoms with E-state index >= 15 is 0 Å². The molecule has 0 amide bonds. The predicted molar refractivity (Wildman–Crippen MR) is 58.9 cm³/mol. The van der Waals surface area contributed by atoms with Crippen molar-refractivity contribution in [2.24, 2.45) is 5.41 Å². The molecule has 3 nitrogen and oxygen atoms in total. The van der Waals surface area contributed by atoms with Crippen molar-refractivity contribution in [3.8, 4) is 0 Å². The minimum atomic E-state index is -0.716. The summed E-state index contributed by atoms with van der Waals surface area (Å²) in [5, 5.41) is 11.9. The highest BCUT2D eigenvalue weighted by atomic mass is 35.5. The number of nitrogens with one attached hydrogen (secondary N) is 1. The summed E-state index contributed by atoms with van der Waals surface area (Å²) in [5.74, 6) is -0.716. The van der Waals surface area contributed by atoms with Crippen LogP contribution in [0.15, 0.2) is 0 Å². The lowest BCUT2D eigenvalue weighted by Crippen LogP contribution is -2.48. The molecule has 0 saturated heterocycles. The van der Waals surface area contributed by atoms with Gasteiger partial charge in [0.05, 0.1) is 0 Å². The lowest BCUT2D eigenvalue weighted by Gasteiger charge is -2.38. The molecule has 1 aliphatic rings. The van der Waals surface area contributed by atoms with Gasteiger partial charge >= 0.3 is 5.97 Å². The molecule has 4 heteroatoms. The fourth-order valence-corrected chi connectivity index (χ4v) is 2.42. The number of carbonyl (C=O) groups is 1. The van der Waals surface area contributed by atoms with Crippen LogP contribution in [0.1, 0.15) is 39.0 Å². The predicted octanol–water partition coefficient (Wildman–Crippen LogP) is 2.05. The van der Waals surface area contributed by atoms with E-state index in [2.05, 4.69) is 12.2 Å². The normalized spacial score (nSPS) is 22.1. The second-order valence-corrected chi connectivity index (χ2v) is 4.27. The smallest absolute Gasteiger partial charge is 0.321 e. The van der Waals surface area contributed by atoms with Gasteiger partial charge in [0.25, 0.3) is 0 Å². The second-order valence-electron chi connectivity index (χ2n) is 4.27. The first-order chi connectivity index (χ1) is 6.10. The number of carboxylic acid groups (broad SMARTS) is 1. The number of halogens is 1. The lowest BCUT2D eigenvalue weighted by atomic mass is 9.70. The van der Waals surface area contributed by atoms with Crippen LogP contribution in [-0.2, 0) is 4.79 Å². The van der Waals surface area contributed by atoms with E-state index in [1.165, 1.54) is 19.3 Å². The van der Waals surface area contributed by atoms with E-state index in [4.69, 9.17) is 5.11 Å². The van der Waals surface area contributed by atoms with Gasteiger partial charge in [0, 0.05) is 0 Å². The minimum absolute atomic E-state index is 0. The maximum atomic E-state index is 11.0. The summed E-state index contributed by atoms with van der Waals surface area (Å²) in [5.41, 5.74) is -0.0428. The summed E-state index contributed by atoms with van der Waals surface area (Å²) in [7, 11) is 1.73. The zero-order valence-electron chi connectivity index (χ0n) is 8.88. The summed E-state index contributed by atoms with van der Waals surface area (Å²) in [6, 6.07) is -0.382. The van der Waals surface area contributed by atoms with Gasteiger partial charge in [-0.2, -0.15) is 0 Å². The van der Waals surface area contributed by atoms with E-state index in [-0.39, 0.29) is 23.9 Å². The van der Waals surface area contributed by atoms with Gasteiger partial charge in [0.15, 0.2) is 0 Å². The van der Waals surface area contributed by atoms with E-state index in [1.54, 1.807) is 7.05 Å². The quantitative estimate of drug-likeness (QED) is 0.767. The van der Waals surface area contributed by atoms with Gasteiger partial charge in [0.2, 0.25) is 0 Å². The molecule has 1 saturated carbocycles. The Balaban J connectivity index is 0.00000169. The van der Waals surface area contributed by atoms with Gasteiger partial charge < -0.3 is 10.4 Å². The second kappa shape index (κ2) is 5.56. The van der Waals surface area contributed by atoms with Crippen LogP contribution in [0.3, 0.4) is 0 Å². The molecule has 0 unspecified atom stereocenters. The molecule has 0 radical (unpaired) electrons. The largest absolute Gasteiger partial charge is 0.480 e. The molecule has 0 aromatic rings. The van der Waals surface area contributed by atoms with Crippen LogP contribution in [0.5, 0.6) is 0 Å². The van der Waals surface area contributed by atoms with Crippen molar-refractivity contribution in [2.75, 3.05) is 7.05 Å². The Hall–Kier alpha value is -0.280. The maximum absolute atomic E-state index is 11.0. The molecule has 0 aromatic heterocycles.